The molecule has 0 spiro atoms. The van der Waals surface area contributed by atoms with Crippen molar-refractivity contribution in [3.63, 3.8) is 0 Å². The van der Waals surface area contributed by atoms with Gasteiger partial charge in [0, 0.05) is 98.8 Å². The molecule has 0 aliphatic heterocycles. The fourth-order valence-electron chi connectivity index (χ4n) is 2.55. The van der Waals surface area contributed by atoms with Gasteiger partial charge in [0.05, 0.1) is 37.6 Å². The third-order valence-corrected chi connectivity index (χ3v) is 6.60. The Morgan fingerprint density at radius 3 is 0.315 bits per heavy atom. The van der Waals surface area contributed by atoms with Crippen LogP contribution in [0, 0.1) is 0 Å². The molecule has 0 saturated carbocycles. The van der Waals surface area contributed by atoms with Gasteiger partial charge in [-0.25, -0.2) is 0 Å². The number of furan rings is 6. The third-order valence-electron chi connectivity index (χ3n) is 4.18. The Kier molecular flexibility index (Phi) is 154. The summed E-state index contributed by atoms with van der Waals surface area (Å²) in [7, 11) is -60.7. The van der Waals surface area contributed by atoms with Crippen molar-refractivity contribution in [1.82, 2.24) is 0 Å². The molecule has 0 atom stereocenters. The summed E-state index contributed by atoms with van der Waals surface area (Å²) in [5, 5.41) is 0. The Hall–Kier alpha value is -0.580. The van der Waals surface area contributed by atoms with Crippen LogP contribution >= 0.6 is 46.9 Å². The second-order valence-corrected chi connectivity index (χ2v) is 22.6. The molecule has 111 heavy (non-hydrogen) atoms. The average molecular weight is 2150 g/mol. The molecule has 0 aromatic carbocycles. The number of hydrogen-bond acceptors (Lipinski definition) is 60. The van der Waals surface area contributed by atoms with E-state index in [1.807, 2.05) is 0 Å². The Bertz CT molecular complexity index is 3150. The van der Waals surface area contributed by atoms with E-state index in [-0.39, 0.29) is 268 Å². The van der Waals surface area contributed by atoms with Gasteiger partial charge in [0.1, 0.15) is 46.9 Å². The molecule has 0 saturated heterocycles. The maximum Gasteiger partial charge on any atom is 3.00 e. The van der Waals surface area contributed by atoms with Crippen molar-refractivity contribution in [3.05, 3.63) is 110 Å². The van der Waals surface area contributed by atoms with Gasteiger partial charge in [-0.15, -0.1) is 0 Å². The van der Waals surface area contributed by atoms with E-state index >= 15 is 0 Å². The van der Waals surface area contributed by atoms with E-state index in [2.05, 4.69) is 53.6 Å². The number of phosphoric ester groups is 6. The van der Waals surface area contributed by atoms with E-state index < -0.39 is 109 Å². The van der Waals surface area contributed by atoms with E-state index in [0.29, 0.717) is 0 Å². The monoisotopic (exact) mass is 2150 g/mol. The normalized spacial score (nSPS) is 9.30. The van der Waals surface area contributed by atoms with Gasteiger partial charge in [0.25, 0.3) is 35.7 Å². The SMILES string of the molecule is O.O.O.O.O.O=P([O-])([O-])Oc1ccco1.O=P([O-])([O-])Oc1ccco1.O=P([O-])([O-])Oc1ccco1.O=P([O-])([O-])Oc1ccco1.O=P([O-])([O-])Oc1ccco1.O=P([O-])([O-])Oc1ccco1.O=S(=O)([O-])[O-].O=S(=O)([O-])[O-].O=S(=O)([O-])[O-].O=S(=O)([O-])[O-].O=S(=O)([O-])[O-].O=S(=O)([O-])[O-].[Al+3].[Al+3].[Al+3].[Al+3].[Al+3].[Fe+3].[Fe+3].[Fe+3].[Fe+3].[Fe+3].[OH-].[OH-].[OH-].[OH-].[OH-].[OH-]. The van der Waals surface area contributed by atoms with Gasteiger partial charge in [-0.1, -0.05) is 0 Å². The zero-order chi connectivity index (χ0) is 72.7. The van der Waals surface area contributed by atoms with Gasteiger partial charge in [0.15, 0.2) is 0 Å². The largest absolute Gasteiger partial charge is 3.00 e. The van der Waals surface area contributed by atoms with Crippen LogP contribution in [0.2, 0.25) is 0 Å². The molecule has 16 N–H and O–H groups in total. The smallest absolute Gasteiger partial charge is 0.870 e. The fourth-order valence-corrected chi connectivity index (χ4v) is 4.50. The molecule has 65 nitrogen and oxygen atoms in total. The maximum atomic E-state index is 9.89. The van der Waals surface area contributed by atoms with Crippen LogP contribution in [0.4, 0.5) is 0 Å². The second kappa shape index (κ2) is 90.2. The van der Waals surface area contributed by atoms with E-state index in [1.54, 1.807) is 0 Å². The van der Waals surface area contributed by atoms with Gasteiger partial charge in [-0.2, -0.15) is 0 Å². The van der Waals surface area contributed by atoms with Gasteiger partial charge in [0.2, 0.25) is 0 Å². The first-order valence-corrected chi connectivity index (χ1v) is 34.7. The van der Waals surface area contributed by atoms with E-state index in [9.17, 15) is 86.1 Å². The minimum atomic E-state index is -5.17. The Labute approximate surface area is 725 Å². The molecule has 0 amide bonds. The maximum absolute atomic E-state index is 9.89. The fraction of sp³-hybridized carbons (Fsp3) is 0. The summed E-state index contributed by atoms with van der Waals surface area (Å²) >= 11 is 0. The summed E-state index contributed by atoms with van der Waals surface area (Å²) in [5.41, 5.74) is 0. The molecule has 5 radical (unpaired) electrons. The van der Waals surface area contributed by atoms with Crippen molar-refractivity contribution in [3.8, 4) is 35.7 Å². The first-order chi connectivity index (χ1) is 39.5. The molecule has 0 unspecified atom stereocenters. The second-order valence-electron chi connectivity index (χ2n) is 11.3. The quantitative estimate of drug-likeness (QED) is 0.0475. The van der Waals surface area contributed by atoms with Gasteiger partial charge in [-0.3, -0.25) is 50.5 Å². The third kappa shape index (κ3) is 248. The van der Waals surface area contributed by atoms with Crippen molar-refractivity contribution < 1.29 is 390 Å². The number of phosphoric acid groups is 6. The summed E-state index contributed by atoms with van der Waals surface area (Å²) in [6, 6.07) is 15.8. The zero-order valence-corrected chi connectivity index (χ0v) is 72.0. The number of rotatable bonds is 12. The standard InChI is InChI=1S/6C4H5O5P.5Al.5Fe.6H2O4S.11H2O/c6*5-10(6,7)9-4-2-1-3-8-4;;;;;;;;;;;6*1-5(2,3)4;;;;;;;;;;;/h6*1-3H,(H2,5,6,7);;;;;;;;;;;6*(H2,1,2,3,4);11*1H2/q;;;;;;10*+3;;;;;;;;;;;;;;;;;/p-30. The molecule has 6 aromatic rings. The molecule has 0 fully saturated rings. The molecule has 6 rings (SSSR count). The minimum absolute atomic E-state index is 0. The van der Waals surface area contributed by atoms with Gasteiger partial charge < -0.3 is 255 Å². The Morgan fingerprint density at radius 2 is 0.279 bits per heavy atom. The summed E-state index contributed by atoms with van der Waals surface area (Å²) in [6.07, 6.45) is 7.20. The van der Waals surface area contributed by atoms with E-state index in [4.69, 9.17) is 105 Å². The Balaban J connectivity index is -0.0000000276. The van der Waals surface area contributed by atoms with Crippen molar-refractivity contribution in [2.45, 2.75) is 0 Å². The van der Waals surface area contributed by atoms with Crippen LogP contribution in [0.5, 0.6) is 35.7 Å². The topological polar surface area (TPSA) is 1330 Å². The van der Waals surface area contributed by atoms with Crippen LogP contribution in [0.15, 0.2) is 137 Å². The molecule has 0 bridgehead atoms. The zero-order valence-electron chi connectivity index (χ0n) is 50.4. The molecule has 6 aromatic heterocycles. The number of hydrogen-bond donors (Lipinski definition) is 0. The predicted molar refractivity (Wildman–Crippen MR) is 283 cm³/mol. The van der Waals surface area contributed by atoms with Crippen molar-refractivity contribution in [2.75, 3.05) is 0 Å². The summed E-state index contributed by atoms with van der Waals surface area (Å²) in [5.74, 6) is -1.87. The summed E-state index contributed by atoms with van der Waals surface area (Å²) in [4.78, 5) is 119. The van der Waals surface area contributed by atoms with Crippen LogP contribution in [-0.4, -0.2) is 252 Å². The van der Waals surface area contributed by atoms with Gasteiger partial charge >= 0.3 is 172 Å². The molecule has 0 aliphatic rings. The van der Waals surface area contributed by atoms with Crippen LogP contribution in [0.3, 0.4) is 0 Å². The molecule has 87 heteroatoms. The first kappa shape index (κ1) is 190. The van der Waals surface area contributed by atoms with Crippen LogP contribution in [0.25, 0.3) is 0 Å². The van der Waals surface area contributed by atoms with Crippen molar-refractivity contribution in [2.24, 2.45) is 0 Å². The predicted octanol–water partition coefficient (Wildman–Crippen LogP) is -18.2. The molecular weight excluding hydrogens is 2120 g/mol. The molecule has 6 heterocycles. The van der Waals surface area contributed by atoms with Crippen molar-refractivity contribution in [1.29, 1.82) is 0 Å². The van der Waals surface area contributed by atoms with E-state index in [0.717, 1.165) is 0 Å². The first-order valence-electron chi connectivity index (χ1n) is 18.0. The van der Waals surface area contributed by atoms with Crippen LogP contribution in [-0.2, 0) is 175 Å². The van der Waals surface area contributed by atoms with Crippen LogP contribution in [0.1, 0.15) is 0 Å². The van der Waals surface area contributed by atoms with Crippen LogP contribution < -0.4 is 85.9 Å². The van der Waals surface area contributed by atoms with E-state index in [1.165, 1.54) is 110 Å². The van der Waals surface area contributed by atoms with Gasteiger partial charge in [-0.05, 0) is 36.4 Å². The molecular formula is C24H34Al5Fe5O65P6S6. The molecule has 0 aliphatic carbocycles. The Morgan fingerprint density at radius 1 is 0.216 bits per heavy atom. The molecule has 641 valence electrons. The minimum Gasteiger partial charge on any atom is -0.870 e. The summed E-state index contributed by atoms with van der Waals surface area (Å²) < 4.78 is 313. The average Bonchev–Trinajstić information content (AvgIpc) is 2.74. The summed E-state index contributed by atoms with van der Waals surface area (Å²) in [6.45, 7) is 0. The van der Waals surface area contributed by atoms with Crippen molar-refractivity contribution >= 4 is 196 Å².